The van der Waals surface area contributed by atoms with E-state index in [0.29, 0.717) is 6.10 Å². The third-order valence-corrected chi connectivity index (χ3v) is 4.03. The van der Waals surface area contributed by atoms with Crippen molar-refractivity contribution in [3.05, 3.63) is 11.1 Å². The van der Waals surface area contributed by atoms with E-state index < -0.39 is 0 Å². The number of aromatic nitrogens is 1. The highest BCUT2D eigenvalue weighted by atomic mass is 35.5. The van der Waals surface area contributed by atoms with Gasteiger partial charge < -0.3 is 10.1 Å². The molecule has 0 spiro atoms. The van der Waals surface area contributed by atoms with Crippen molar-refractivity contribution >= 4 is 23.7 Å². The van der Waals surface area contributed by atoms with Gasteiger partial charge in [-0.3, -0.25) is 0 Å². The van der Waals surface area contributed by atoms with Gasteiger partial charge in [0.1, 0.15) is 6.10 Å². The molecule has 0 amide bonds. The minimum Gasteiger partial charge on any atom is -0.466 e. The lowest BCUT2D eigenvalue weighted by molar-refractivity contribution is -0.0447. The Kier molecular flexibility index (Phi) is 3.19. The van der Waals surface area contributed by atoms with Crippen LogP contribution in [0.5, 0.6) is 5.19 Å². The van der Waals surface area contributed by atoms with Crippen molar-refractivity contribution in [3.8, 4) is 5.19 Å². The molecule has 2 fully saturated rings. The number of hydrogen-bond donors (Lipinski definition) is 1. The van der Waals surface area contributed by atoms with Gasteiger partial charge in [-0.15, -0.1) is 12.4 Å². The predicted molar refractivity (Wildman–Crippen MR) is 63.0 cm³/mol. The Morgan fingerprint density at radius 2 is 2.20 bits per heavy atom. The Balaban J connectivity index is 0.000000853. The minimum atomic E-state index is 0. The Hall–Kier alpha value is -0.320. The number of halogens is 1. The normalized spacial score (nSPS) is 32.7. The Morgan fingerprint density at radius 3 is 2.73 bits per heavy atom. The quantitative estimate of drug-likeness (QED) is 0.865. The zero-order chi connectivity index (χ0) is 9.54. The van der Waals surface area contributed by atoms with E-state index in [1.165, 1.54) is 6.42 Å². The van der Waals surface area contributed by atoms with Gasteiger partial charge in [-0.05, 0) is 13.3 Å². The summed E-state index contributed by atoms with van der Waals surface area (Å²) in [4.78, 5) is 4.34. The molecule has 2 aliphatic rings. The fourth-order valence-electron chi connectivity index (χ4n) is 2.39. The summed E-state index contributed by atoms with van der Waals surface area (Å²) in [5, 5.41) is 6.30. The monoisotopic (exact) mass is 246 g/mol. The van der Waals surface area contributed by atoms with Crippen LogP contribution in [-0.2, 0) is 0 Å². The van der Waals surface area contributed by atoms with E-state index in [2.05, 4.69) is 10.3 Å². The number of ether oxygens (including phenoxy) is 1. The van der Waals surface area contributed by atoms with E-state index in [-0.39, 0.29) is 12.4 Å². The molecule has 15 heavy (non-hydrogen) atoms. The van der Waals surface area contributed by atoms with E-state index >= 15 is 0 Å². The zero-order valence-corrected chi connectivity index (χ0v) is 10.2. The van der Waals surface area contributed by atoms with Crippen molar-refractivity contribution in [2.75, 3.05) is 13.1 Å². The molecule has 1 saturated heterocycles. The topological polar surface area (TPSA) is 34.1 Å². The van der Waals surface area contributed by atoms with Crippen LogP contribution in [0.4, 0.5) is 0 Å². The summed E-state index contributed by atoms with van der Waals surface area (Å²) in [6, 6.07) is 0. The van der Waals surface area contributed by atoms with Crippen LogP contribution in [0.3, 0.4) is 0 Å². The summed E-state index contributed by atoms with van der Waals surface area (Å²) in [6.45, 7) is 4.24. The van der Waals surface area contributed by atoms with Gasteiger partial charge in [0.2, 0.25) is 0 Å². The zero-order valence-electron chi connectivity index (χ0n) is 8.60. The molecule has 2 heterocycles. The lowest BCUT2D eigenvalue weighted by Gasteiger charge is -2.48. The molecule has 0 radical (unpaired) electrons. The second kappa shape index (κ2) is 4.28. The van der Waals surface area contributed by atoms with Crippen molar-refractivity contribution in [1.29, 1.82) is 0 Å². The number of nitrogens with zero attached hydrogens (tertiary/aromatic N) is 1. The summed E-state index contributed by atoms with van der Waals surface area (Å²) in [6.07, 6.45) is 1.77. The van der Waals surface area contributed by atoms with Crippen LogP contribution in [0.1, 0.15) is 12.1 Å². The maximum absolute atomic E-state index is 5.91. The van der Waals surface area contributed by atoms with Gasteiger partial charge in [-0.2, -0.15) is 0 Å². The number of piperidine rings is 2. The highest BCUT2D eigenvalue weighted by Gasteiger charge is 2.45. The summed E-state index contributed by atoms with van der Waals surface area (Å²) >= 11 is 1.61. The third-order valence-electron chi connectivity index (χ3n) is 3.18. The molecule has 1 aliphatic heterocycles. The SMILES string of the molecule is Cc1csc(OC2[C@@H]3CNC[C@H]2C3)n1.Cl. The second-order valence-electron chi connectivity index (χ2n) is 4.25. The number of thiazole rings is 1. The highest BCUT2D eigenvalue weighted by Crippen LogP contribution is 2.39. The molecule has 2 bridgehead atoms. The van der Waals surface area contributed by atoms with Crippen molar-refractivity contribution in [1.82, 2.24) is 10.3 Å². The Labute approximate surface area is 99.7 Å². The first-order chi connectivity index (χ1) is 6.83. The maximum atomic E-state index is 5.91. The van der Waals surface area contributed by atoms with E-state index in [9.17, 15) is 0 Å². The van der Waals surface area contributed by atoms with Crippen LogP contribution in [0.15, 0.2) is 5.38 Å². The summed E-state index contributed by atoms with van der Waals surface area (Å²) < 4.78 is 5.91. The molecule has 0 aromatic carbocycles. The summed E-state index contributed by atoms with van der Waals surface area (Å²) in [5.41, 5.74) is 1.06. The van der Waals surface area contributed by atoms with Crippen molar-refractivity contribution < 1.29 is 4.74 Å². The maximum Gasteiger partial charge on any atom is 0.273 e. The number of hydrogen-bond acceptors (Lipinski definition) is 4. The van der Waals surface area contributed by atoms with Crippen molar-refractivity contribution in [2.45, 2.75) is 19.4 Å². The summed E-state index contributed by atoms with van der Waals surface area (Å²) in [5.74, 6) is 1.44. The number of aryl methyl sites for hydroxylation is 1. The minimum absolute atomic E-state index is 0. The Morgan fingerprint density at radius 1 is 1.47 bits per heavy atom. The van der Waals surface area contributed by atoms with E-state index in [4.69, 9.17) is 4.74 Å². The fraction of sp³-hybridized carbons (Fsp3) is 0.700. The molecule has 3 atom stereocenters. The molecular weight excluding hydrogens is 232 g/mol. The lowest BCUT2D eigenvalue weighted by Crippen LogP contribution is -2.59. The van der Waals surface area contributed by atoms with Gasteiger partial charge in [0.05, 0.1) is 5.69 Å². The largest absolute Gasteiger partial charge is 0.466 e. The van der Waals surface area contributed by atoms with Crippen LogP contribution < -0.4 is 10.1 Å². The average molecular weight is 247 g/mol. The van der Waals surface area contributed by atoms with Gasteiger partial charge in [-0.25, -0.2) is 4.98 Å². The van der Waals surface area contributed by atoms with Crippen LogP contribution in [-0.4, -0.2) is 24.2 Å². The van der Waals surface area contributed by atoms with Crippen molar-refractivity contribution in [3.63, 3.8) is 0 Å². The predicted octanol–water partition coefficient (Wildman–Crippen LogP) is 1.86. The smallest absolute Gasteiger partial charge is 0.273 e. The molecule has 5 heteroatoms. The molecular formula is C10H15ClN2OS. The Bertz CT molecular complexity index is 330. The van der Waals surface area contributed by atoms with E-state index in [1.54, 1.807) is 11.3 Å². The fourth-order valence-corrected chi connectivity index (χ4v) is 3.08. The number of nitrogens with one attached hydrogen (secondary N) is 1. The van der Waals surface area contributed by atoms with Crippen LogP contribution >= 0.6 is 23.7 Å². The highest BCUT2D eigenvalue weighted by molar-refractivity contribution is 7.11. The average Bonchev–Trinajstić information content (AvgIpc) is 2.62. The molecule has 1 aromatic heterocycles. The van der Waals surface area contributed by atoms with E-state index in [0.717, 1.165) is 35.8 Å². The molecule has 1 aromatic rings. The molecule has 1 N–H and O–H groups in total. The van der Waals surface area contributed by atoms with Gasteiger partial charge in [0.25, 0.3) is 5.19 Å². The first-order valence-electron chi connectivity index (χ1n) is 5.12. The van der Waals surface area contributed by atoms with Crippen LogP contribution in [0, 0.1) is 18.8 Å². The lowest BCUT2D eigenvalue weighted by atomic mass is 9.69. The molecule has 3 rings (SSSR count). The standard InChI is InChI=1S/C10H14N2OS.ClH/c1-6-5-14-10(12-6)13-9-7-2-8(9)4-11-3-7;/h5,7-9,11H,2-4H2,1H3;1H/t7-,8+,9?;. The molecule has 1 unspecified atom stereocenters. The molecule has 1 aliphatic carbocycles. The summed E-state index contributed by atoms with van der Waals surface area (Å²) in [7, 11) is 0. The van der Waals surface area contributed by atoms with Gasteiger partial charge in [-0.1, -0.05) is 11.3 Å². The second-order valence-corrected chi connectivity index (χ2v) is 5.07. The van der Waals surface area contributed by atoms with E-state index in [1.807, 2.05) is 12.3 Å². The van der Waals surface area contributed by atoms with Gasteiger partial charge >= 0.3 is 0 Å². The number of rotatable bonds is 2. The molecule has 84 valence electrons. The third kappa shape index (κ3) is 1.98. The first kappa shape index (κ1) is 11.2. The molecule has 1 saturated carbocycles. The van der Waals surface area contributed by atoms with Crippen LogP contribution in [0.2, 0.25) is 0 Å². The van der Waals surface area contributed by atoms with Gasteiger partial charge in [0, 0.05) is 30.3 Å². The molecule has 3 nitrogen and oxygen atoms in total. The first-order valence-corrected chi connectivity index (χ1v) is 6.00. The van der Waals surface area contributed by atoms with Gasteiger partial charge in [0.15, 0.2) is 0 Å². The number of fused-ring (bicyclic) bond motifs is 2. The van der Waals surface area contributed by atoms with Crippen LogP contribution in [0.25, 0.3) is 0 Å². The van der Waals surface area contributed by atoms with Crippen molar-refractivity contribution in [2.24, 2.45) is 11.8 Å².